The lowest BCUT2D eigenvalue weighted by Crippen LogP contribution is -2.43. The molecule has 0 saturated carbocycles. The molecule has 0 aliphatic rings. The van der Waals surface area contributed by atoms with Crippen molar-refractivity contribution in [3.8, 4) is 0 Å². The van der Waals surface area contributed by atoms with Crippen molar-refractivity contribution in [2.45, 2.75) is 25.8 Å². The van der Waals surface area contributed by atoms with Gasteiger partial charge in [0.2, 0.25) is 5.91 Å². The van der Waals surface area contributed by atoms with E-state index in [4.69, 9.17) is 5.73 Å². The quantitative estimate of drug-likeness (QED) is 0.816. The highest BCUT2D eigenvalue weighted by molar-refractivity contribution is 5.81. The van der Waals surface area contributed by atoms with E-state index < -0.39 is 6.04 Å². The summed E-state index contributed by atoms with van der Waals surface area (Å²) >= 11 is 0. The van der Waals surface area contributed by atoms with Gasteiger partial charge in [0.1, 0.15) is 0 Å². The Labute approximate surface area is 97.2 Å². The Balaban J connectivity index is 2.52. The van der Waals surface area contributed by atoms with E-state index in [0.717, 1.165) is 18.5 Å². The predicted octanol–water partition coefficient (Wildman–Crippen LogP) is 1.42. The summed E-state index contributed by atoms with van der Waals surface area (Å²) in [6, 6.07) is 9.43. The molecule has 2 N–H and O–H groups in total. The van der Waals surface area contributed by atoms with Gasteiger partial charge in [-0.05, 0) is 18.4 Å². The fourth-order valence-corrected chi connectivity index (χ4v) is 1.68. The highest BCUT2D eigenvalue weighted by Gasteiger charge is 2.17. The molecule has 1 aromatic rings. The second-order valence-electron chi connectivity index (χ2n) is 4.06. The SMILES string of the molecule is CCCN(C)C(=O)C(N)Cc1ccccc1. The number of nitrogens with zero attached hydrogens (tertiary/aromatic N) is 1. The highest BCUT2D eigenvalue weighted by Crippen LogP contribution is 2.03. The van der Waals surface area contributed by atoms with Gasteiger partial charge < -0.3 is 10.6 Å². The lowest BCUT2D eigenvalue weighted by molar-refractivity contribution is -0.131. The third-order valence-electron chi connectivity index (χ3n) is 2.55. The fraction of sp³-hybridized carbons (Fsp3) is 0.462. The molecule has 88 valence electrons. The molecule has 1 amide bonds. The van der Waals surface area contributed by atoms with Crippen LogP contribution in [-0.4, -0.2) is 30.4 Å². The summed E-state index contributed by atoms with van der Waals surface area (Å²) in [6.07, 6.45) is 1.56. The Morgan fingerprint density at radius 1 is 1.38 bits per heavy atom. The Bertz CT molecular complexity index is 324. The topological polar surface area (TPSA) is 46.3 Å². The number of benzene rings is 1. The van der Waals surface area contributed by atoms with E-state index in [0.29, 0.717) is 6.42 Å². The molecule has 0 aromatic heterocycles. The molecule has 1 atom stereocenters. The van der Waals surface area contributed by atoms with E-state index in [9.17, 15) is 4.79 Å². The van der Waals surface area contributed by atoms with Gasteiger partial charge in [-0.2, -0.15) is 0 Å². The van der Waals surface area contributed by atoms with E-state index in [2.05, 4.69) is 0 Å². The summed E-state index contributed by atoms with van der Waals surface area (Å²) in [5.74, 6) is 0.0192. The van der Waals surface area contributed by atoms with Crippen LogP contribution in [0.5, 0.6) is 0 Å². The average molecular weight is 220 g/mol. The number of carbonyl (C=O) groups excluding carboxylic acids is 1. The zero-order valence-electron chi connectivity index (χ0n) is 10.0. The Morgan fingerprint density at radius 3 is 2.56 bits per heavy atom. The van der Waals surface area contributed by atoms with Crippen LogP contribution in [0.4, 0.5) is 0 Å². The molecule has 0 fully saturated rings. The largest absolute Gasteiger partial charge is 0.344 e. The summed E-state index contributed by atoms with van der Waals surface area (Å²) in [7, 11) is 1.80. The molecule has 0 bridgehead atoms. The first-order chi connectivity index (χ1) is 7.65. The van der Waals surface area contributed by atoms with Gasteiger partial charge >= 0.3 is 0 Å². The number of rotatable bonds is 5. The summed E-state index contributed by atoms with van der Waals surface area (Å²) in [4.78, 5) is 13.5. The van der Waals surface area contributed by atoms with Crippen LogP contribution in [0, 0.1) is 0 Å². The molecule has 1 unspecified atom stereocenters. The van der Waals surface area contributed by atoms with E-state index in [1.165, 1.54) is 0 Å². The minimum Gasteiger partial charge on any atom is -0.344 e. The molecular weight excluding hydrogens is 200 g/mol. The third-order valence-corrected chi connectivity index (χ3v) is 2.55. The maximum Gasteiger partial charge on any atom is 0.239 e. The Hall–Kier alpha value is -1.35. The van der Waals surface area contributed by atoms with Gasteiger partial charge in [-0.15, -0.1) is 0 Å². The van der Waals surface area contributed by atoms with Gasteiger partial charge in [0.05, 0.1) is 6.04 Å². The second-order valence-corrected chi connectivity index (χ2v) is 4.06. The van der Waals surface area contributed by atoms with Crippen LogP contribution in [0.1, 0.15) is 18.9 Å². The smallest absolute Gasteiger partial charge is 0.239 e. The highest BCUT2D eigenvalue weighted by atomic mass is 16.2. The van der Waals surface area contributed by atoms with Gasteiger partial charge in [-0.25, -0.2) is 0 Å². The lowest BCUT2D eigenvalue weighted by Gasteiger charge is -2.20. The van der Waals surface area contributed by atoms with Crippen LogP contribution < -0.4 is 5.73 Å². The van der Waals surface area contributed by atoms with Crippen molar-refractivity contribution in [1.29, 1.82) is 0 Å². The van der Waals surface area contributed by atoms with E-state index in [1.54, 1.807) is 11.9 Å². The van der Waals surface area contributed by atoms with Crippen molar-refractivity contribution in [1.82, 2.24) is 4.90 Å². The van der Waals surface area contributed by atoms with E-state index >= 15 is 0 Å². The normalized spacial score (nSPS) is 12.2. The van der Waals surface area contributed by atoms with Crippen molar-refractivity contribution >= 4 is 5.91 Å². The van der Waals surface area contributed by atoms with Gasteiger partial charge in [0.25, 0.3) is 0 Å². The third kappa shape index (κ3) is 3.66. The minimum absolute atomic E-state index is 0.0192. The van der Waals surface area contributed by atoms with Crippen molar-refractivity contribution in [3.63, 3.8) is 0 Å². The minimum atomic E-state index is -0.432. The number of nitrogens with two attached hydrogens (primary N) is 1. The molecule has 3 nitrogen and oxygen atoms in total. The van der Waals surface area contributed by atoms with E-state index in [-0.39, 0.29) is 5.91 Å². The summed E-state index contributed by atoms with van der Waals surface area (Å²) in [5.41, 5.74) is 6.99. The van der Waals surface area contributed by atoms with Crippen LogP contribution in [0.15, 0.2) is 30.3 Å². The Kier molecular flexibility index (Phi) is 4.99. The summed E-state index contributed by atoms with van der Waals surface area (Å²) in [5, 5.41) is 0. The van der Waals surface area contributed by atoms with Crippen molar-refractivity contribution < 1.29 is 4.79 Å². The molecule has 0 heterocycles. The number of likely N-dealkylation sites (N-methyl/N-ethyl adjacent to an activating group) is 1. The van der Waals surface area contributed by atoms with Gasteiger partial charge in [-0.1, -0.05) is 37.3 Å². The second kappa shape index (κ2) is 6.28. The van der Waals surface area contributed by atoms with Crippen LogP contribution in [0.3, 0.4) is 0 Å². The summed E-state index contributed by atoms with van der Waals surface area (Å²) in [6.45, 7) is 2.81. The molecular formula is C13H20N2O. The van der Waals surface area contributed by atoms with Gasteiger partial charge in [0.15, 0.2) is 0 Å². The maximum atomic E-state index is 11.8. The van der Waals surface area contributed by atoms with Crippen molar-refractivity contribution in [2.75, 3.05) is 13.6 Å². The van der Waals surface area contributed by atoms with Crippen LogP contribution in [0.2, 0.25) is 0 Å². The zero-order chi connectivity index (χ0) is 12.0. The zero-order valence-corrected chi connectivity index (χ0v) is 10.0. The monoisotopic (exact) mass is 220 g/mol. The van der Waals surface area contributed by atoms with Gasteiger partial charge in [0, 0.05) is 13.6 Å². The average Bonchev–Trinajstić information content (AvgIpc) is 2.29. The Morgan fingerprint density at radius 2 is 2.00 bits per heavy atom. The molecule has 1 rings (SSSR count). The molecule has 0 saturated heterocycles. The maximum absolute atomic E-state index is 11.8. The molecule has 0 radical (unpaired) electrons. The molecule has 1 aromatic carbocycles. The van der Waals surface area contributed by atoms with Crippen LogP contribution >= 0.6 is 0 Å². The van der Waals surface area contributed by atoms with Crippen molar-refractivity contribution in [2.24, 2.45) is 5.73 Å². The van der Waals surface area contributed by atoms with Crippen LogP contribution in [-0.2, 0) is 11.2 Å². The molecule has 0 aliphatic heterocycles. The van der Waals surface area contributed by atoms with Crippen LogP contribution in [0.25, 0.3) is 0 Å². The molecule has 0 aliphatic carbocycles. The number of hydrogen-bond donors (Lipinski definition) is 1. The standard InChI is InChI=1S/C13H20N2O/c1-3-9-15(2)13(16)12(14)10-11-7-5-4-6-8-11/h4-8,12H,3,9-10,14H2,1-2H3. The fourth-order valence-electron chi connectivity index (χ4n) is 1.68. The number of hydrogen-bond acceptors (Lipinski definition) is 2. The van der Waals surface area contributed by atoms with E-state index in [1.807, 2.05) is 37.3 Å². The number of amides is 1. The molecule has 0 spiro atoms. The first-order valence-electron chi connectivity index (χ1n) is 5.69. The van der Waals surface area contributed by atoms with Crippen molar-refractivity contribution in [3.05, 3.63) is 35.9 Å². The summed E-state index contributed by atoms with van der Waals surface area (Å²) < 4.78 is 0. The first-order valence-corrected chi connectivity index (χ1v) is 5.69. The van der Waals surface area contributed by atoms with Gasteiger partial charge in [-0.3, -0.25) is 4.79 Å². The first kappa shape index (κ1) is 12.7. The lowest BCUT2D eigenvalue weighted by atomic mass is 10.1. The number of carbonyl (C=O) groups is 1. The molecule has 3 heteroatoms. The molecule has 16 heavy (non-hydrogen) atoms. The predicted molar refractivity (Wildman–Crippen MR) is 66.0 cm³/mol.